The molecule has 2 aromatic carbocycles. The zero-order valence-corrected chi connectivity index (χ0v) is 14.1. The fraction of sp³-hybridized carbons (Fsp3) is 0.294. The lowest BCUT2D eigenvalue weighted by molar-refractivity contribution is 0.411. The van der Waals surface area contributed by atoms with Gasteiger partial charge in [-0.3, -0.25) is 0 Å². The summed E-state index contributed by atoms with van der Waals surface area (Å²) in [5.74, 6) is 1.74. The van der Waals surface area contributed by atoms with Crippen LogP contribution < -0.4 is 10.5 Å². The maximum atomic E-state index is 6.35. The Bertz CT molecular complexity index is 613. The summed E-state index contributed by atoms with van der Waals surface area (Å²) in [7, 11) is 1.69. The van der Waals surface area contributed by atoms with E-state index in [1.807, 2.05) is 31.2 Å². The fourth-order valence-corrected chi connectivity index (χ4v) is 3.24. The Hall–Kier alpha value is -1.16. The van der Waals surface area contributed by atoms with Crippen LogP contribution in [0.4, 0.5) is 0 Å². The van der Waals surface area contributed by atoms with Crippen LogP contribution in [0.5, 0.6) is 5.75 Å². The second-order valence-corrected chi connectivity index (χ2v) is 6.58. The zero-order chi connectivity index (χ0) is 15.4. The van der Waals surface area contributed by atoms with Crippen LogP contribution in [0.1, 0.15) is 22.7 Å². The number of hydrogen-bond acceptors (Lipinski definition) is 3. The maximum absolute atomic E-state index is 6.35. The van der Waals surface area contributed by atoms with E-state index in [1.165, 1.54) is 16.0 Å². The molecule has 0 saturated heterocycles. The maximum Gasteiger partial charge on any atom is 0.122 e. The van der Waals surface area contributed by atoms with Crippen LogP contribution in [-0.4, -0.2) is 12.9 Å². The van der Waals surface area contributed by atoms with Crippen LogP contribution in [0, 0.1) is 13.8 Å². The van der Waals surface area contributed by atoms with Gasteiger partial charge in [-0.1, -0.05) is 17.7 Å². The molecule has 0 aliphatic carbocycles. The van der Waals surface area contributed by atoms with E-state index >= 15 is 0 Å². The smallest absolute Gasteiger partial charge is 0.122 e. The van der Waals surface area contributed by atoms with Gasteiger partial charge in [0.15, 0.2) is 0 Å². The summed E-state index contributed by atoms with van der Waals surface area (Å²) < 4.78 is 5.34. The van der Waals surface area contributed by atoms with Gasteiger partial charge in [-0.15, -0.1) is 11.8 Å². The topological polar surface area (TPSA) is 35.2 Å². The number of nitrogens with two attached hydrogens (primary N) is 1. The number of rotatable bonds is 5. The average Bonchev–Trinajstić information content (AvgIpc) is 2.48. The zero-order valence-electron chi connectivity index (χ0n) is 12.5. The van der Waals surface area contributed by atoms with Crippen molar-refractivity contribution < 1.29 is 4.74 Å². The number of aryl methyl sites for hydroxylation is 2. The molecular weight excluding hydrogens is 302 g/mol. The average molecular weight is 322 g/mol. The predicted octanol–water partition coefficient (Wildman–Crippen LogP) is 4.76. The highest BCUT2D eigenvalue weighted by Crippen LogP contribution is 2.29. The van der Waals surface area contributed by atoms with Gasteiger partial charge in [-0.25, -0.2) is 0 Å². The molecule has 1 unspecified atom stereocenters. The molecule has 0 spiro atoms. The van der Waals surface area contributed by atoms with Gasteiger partial charge in [0.1, 0.15) is 5.75 Å². The van der Waals surface area contributed by atoms with Gasteiger partial charge in [0.25, 0.3) is 0 Å². The van der Waals surface area contributed by atoms with Crippen molar-refractivity contribution >= 4 is 23.4 Å². The standard InChI is InChI=1S/C17H20ClNOS/c1-11-9-17(20-3)12(2)8-15(11)16(19)10-21-14-6-4-13(18)5-7-14/h4-9,16H,10,19H2,1-3H3. The minimum absolute atomic E-state index is 0.00437. The molecule has 2 N–H and O–H groups in total. The molecule has 0 saturated carbocycles. The van der Waals surface area contributed by atoms with Gasteiger partial charge < -0.3 is 10.5 Å². The lowest BCUT2D eigenvalue weighted by atomic mass is 10.00. The van der Waals surface area contributed by atoms with E-state index in [1.54, 1.807) is 18.9 Å². The molecule has 2 rings (SSSR count). The number of hydrogen-bond donors (Lipinski definition) is 1. The molecule has 0 radical (unpaired) electrons. The van der Waals surface area contributed by atoms with E-state index in [2.05, 4.69) is 19.1 Å². The first kappa shape index (κ1) is 16.2. The van der Waals surface area contributed by atoms with Crippen molar-refractivity contribution in [3.05, 3.63) is 58.1 Å². The summed E-state index contributed by atoms with van der Waals surface area (Å²) in [5, 5.41) is 0.755. The summed E-state index contributed by atoms with van der Waals surface area (Å²) in [6, 6.07) is 12.0. The van der Waals surface area contributed by atoms with Crippen molar-refractivity contribution in [3.63, 3.8) is 0 Å². The van der Waals surface area contributed by atoms with Crippen molar-refractivity contribution in [2.24, 2.45) is 5.73 Å². The van der Waals surface area contributed by atoms with Crippen LogP contribution in [0.2, 0.25) is 5.02 Å². The molecule has 0 heterocycles. The van der Waals surface area contributed by atoms with E-state index < -0.39 is 0 Å². The van der Waals surface area contributed by atoms with Gasteiger partial charge in [0.2, 0.25) is 0 Å². The first-order valence-corrected chi connectivity index (χ1v) is 8.16. The van der Waals surface area contributed by atoms with Crippen LogP contribution in [0.15, 0.2) is 41.3 Å². The molecular formula is C17H20ClNOS. The third-order valence-corrected chi connectivity index (χ3v) is 4.81. The van der Waals surface area contributed by atoms with Crippen molar-refractivity contribution in [1.82, 2.24) is 0 Å². The highest BCUT2D eigenvalue weighted by Gasteiger charge is 2.12. The Morgan fingerprint density at radius 2 is 1.81 bits per heavy atom. The van der Waals surface area contributed by atoms with Crippen LogP contribution >= 0.6 is 23.4 Å². The van der Waals surface area contributed by atoms with E-state index in [0.717, 1.165) is 22.1 Å². The first-order valence-electron chi connectivity index (χ1n) is 6.80. The second kappa shape index (κ2) is 7.21. The summed E-state index contributed by atoms with van der Waals surface area (Å²) in [6.07, 6.45) is 0. The molecule has 0 aromatic heterocycles. The lowest BCUT2D eigenvalue weighted by Crippen LogP contribution is -2.14. The first-order chi connectivity index (χ1) is 10.0. The van der Waals surface area contributed by atoms with Gasteiger partial charge in [0, 0.05) is 21.7 Å². The lowest BCUT2D eigenvalue weighted by Gasteiger charge is -2.17. The molecule has 0 aliphatic rings. The molecule has 21 heavy (non-hydrogen) atoms. The Kier molecular flexibility index (Phi) is 5.57. The molecule has 0 fully saturated rings. The molecule has 0 bridgehead atoms. The van der Waals surface area contributed by atoms with Gasteiger partial charge in [-0.05, 0) is 60.9 Å². The van der Waals surface area contributed by atoms with Crippen molar-refractivity contribution in [3.8, 4) is 5.75 Å². The third-order valence-electron chi connectivity index (χ3n) is 3.43. The van der Waals surface area contributed by atoms with E-state index in [9.17, 15) is 0 Å². The van der Waals surface area contributed by atoms with Crippen molar-refractivity contribution in [1.29, 1.82) is 0 Å². The highest BCUT2D eigenvalue weighted by atomic mass is 35.5. The summed E-state index contributed by atoms with van der Waals surface area (Å²) in [4.78, 5) is 1.18. The van der Waals surface area contributed by atoms with Crippen LogP contribution in [0.3, 0.4) is 0 Å². The van der Waals surface area contributed by atoms with Crippen LogP contribution in [-0.2, 0) is 0 Å². The minimum Gasteiger partial charge on any atom is -0.496 e. The Morgan fingerprint density at radius 3 is 2.43 bits per heavy atom. The molecule has 0 amide bonds. The Morgan fingerprint density at radius 1 is 1.14 bits per heavy atom. The molecule has 2 aromatic rings. The number of thioether (sulfide) groups is 1. The number of ether oxygens (including phenoxy) is 1. The quantitative estimate of drug-likeness (QED) is 0.806. The second-order valence-electron chi connectivity index (χ2n) is 5.05. The number of benzene rings is 2. The summed E-state index contributed by atoms with van der Waals surface area (Å²) in [5.41, 5.74) is 9.81. The van der Waals surface area contributed by atoms with Gasteiger partial charge in [-0.2, -0.15) is 0 Å². The summed E-state index contributed by atoms with van der Waals surface area (Å²) in [6.45, 7) is 4.12. The van der Waals surface area contributed by atoms with E-state index in [0.29, 0.717) is 0 Å². The van der Waals surface area contributed by atoms with Gasteiger partial charge in [0.05, 0.1) is 7.11 Å². The van der Waals surface area contributed by atoms with E-state index in [4.69, 9.17) is 22.1 Å². The Balaban J connectivity index is 2.08. The largest absolute Gasteiger partial charge is 0.496 e. The van der Waals surface area contributed by atoms with Crippen molar-refractivity contribution in [2.45, 2.75) is 24.8 Å². The molecule has 2 nitrogen and oxygen atoms in total. The van der Waals surface area contributed by atoms with Crippen molar-refractivity contribution in [2.75, 3.05) is 12.9 Å². The Labute approximate surface area is 135 Å². The molecule has 1 atom stereocenters. The SMILES string of the molecule is COc1cc(C)c(C(N)CSc2ccc(Cl)cc2)cc1C. The third kappa shape index (κ3) is 4.16. The van der Waals surface area contributed by atoms with Gasteiger partial charge >= 0.3 is 0 Å². The monoisotopic (exact) mass is 321 g/mol. The molecule has 112 valence electrons. The summed E-state index contributed by atoms with van der Waals surface area (Å²) >= 11 is 7.63. The molecule has 4 heteroatoms. The normalized spacial score (nSPS) is 12.2. The highest BCUT2D eigenvalue weighted by molar-refractivity contribution is 7.99. The minimum atomic E-state index is -0.00437. The molecule has 0 aliphatic heterocycles. The number of halogens is 1. The number of methoxy groups -OCH3 is 1. The predicted molar refractivity (Wildman–Crippen MR) is 91.6 cm³/mol. The fourth-order valence-electron chi connectivity index (χ4n) is 2.24. The van der Waals surface area contributed by atoms with E-state index in [-0.39, 0.29) is 6.04 Å². The van der Waals surface area contributed by atoms with Crippen LogP contribution in [0.25, 0.3) is 0 Å².